The Morgan fingerprint density at radius 1 is 1.26 bits per heavy atom. The van der Waals surface area contributed by atoms with Crippen LogP contribution in [-0.2, 0) is 6.42 Å². The second-order valence-corrected chi connectivity index (χ2v) is 7.94. The normalized spacial score (nSPS) is 24.1. The van der Waals surface area contributed by atoms with Gasteiger partial charge >= 0.3 is 0 Å². The van der Waals surface area contributed by atoms with Gasteiger partial charge in [-0.05, 0) is 36.0 Å². The van der Waals surface area contributed by atoms with Crippen molar-refractivity contribution in [3.8, 4) is 0 Å². The molecule has 1 fully saturated rings. The number of rotatable bonds is 3. The fourth-order valence-corrected chi connectivity index (χ4v) is 4.02. The average molecular weight is 366 g/mol. The van der Waals surface area contributed by atoms with Gasteiger partial charge in [-0.1, -0.05) is 29.6 Å². The molecule has 4 heterocycles. The van der Waals surface area contributed by atoms with Crippen LogP contribution in [0.25, 0.3) is 0 Å². The Kier molecular flexibility index (Phi) is 2.78. The van der Waals surface area contributed by atoms with Crippen LogP contribution in [0.5, 0.6) is 0 Å². The fourth-order valence-electron chi connectivity index (χ4n) is 4.02. The van der Waals surface area contributed by atoms with Gasteiger partial charge in [0.05, 0.1) is 23.8 Å². The Morgan fingerprint density at radius 3 is 2.96 bits per heavy atom. The molecule has 0 spiro atoms. The first-order valence-electron chi connectivity index (χ1n) is 9.15. The molecular formula is C18H19FN8. The molecule has 0 bridgehead atoms. The Bertz CT molecular complexity index is 977. The average Bonchev–Trinajstić information content (AvgIpc) is 3.06. The molecule has 27 heavy (non-hydrogen) atoms. The fraction of sp³-hybridized carbons (Fsp3) is 0.389. The minimum absolute atomic E-state index is 0.157. The molecule has 8 nitrogen and oxygen atoms in total. The van der Waals surface area contributed by atoms with Crippen LogP contribution in [-0.4, -0.2) is 38.2 Å². The van der Waals surface area contributed by atoms with Crippen LogP contribution in [0, 0.1) is 5.41 Å². The van der Waals surface area contributed by atoms with E-state index in [1.807, 2.05) is 40.4 Å². The maximum absolute atomic E-state index is 14.1. The van der Waals surface area contributed by atoms with Crippen molar-refractivity contribution in [2.45, 2.75) is 32.4 Å². The zero-order valence-electron chi connectivity index (χ0n) is 14.9. The molecular weight excluding hydrogens is 347 g/mol. The summed E-state index contributed by atoms with van der Waals surface area (Å²) < 4.78 is 14.1. The molecule has 3 aliphatic heterocycles. The van der Waals surface area contributed by atoms with Crippen molar-refractivity contribution in [3.05, 3.63) is 53.7 Å². The van der Waals surface area contributed by atoms with Crippen molar-refractivity contribution in [1.29, 1.82) is 0 Å². The van der Waals surface area contributed by atoms with Crippen molar-refractivity contribution in [2.24, 2.45) is 10.4 Å². The Morgan fingerprint density at radius 2 is 2.11 bits per heavy atom. The number of halogens is 1. The number of aliphatic imine (C=N–C) groups is 1. The lowest BCUT2D eigenvalue weighted by Crippen LogP contribution is -2.51. The number of benzene rings is 1. The maximum Gasteiger partial charge on any atom is 0.173 e. The molecule has 4 aliphatic rings. The van der Waals surface area contributed by atoms with E-state index in [-0.39, 0.29) is 12.8 Å². The van der Waals surface area contributed by atoms with Gasteiger partial charge in [-0.25, -0.2) is 10.0 Å². The molecule has 0 N–H and O–H groups in total. The molecule has 0 amide bonds. The lowest BCUT2D eigenvalue weighted by molar-refractivity contribution is 0.104. The number of para-hydroxylation sites is 1. The van der Waals surface area contributed by atoms with Crippen molar-refractivity contribution in [2.75, 3.05) is 16.7 Å². The predicted molar refractivity (Wildman–Crippen MR) is 97.2 cm³/mol. The summed E-state index contributed by atoms with van der Waals surface area (Å²) >= 11 is 0. The SMILES string of the molecule is CC1(Cc2cn(N3C=NC4c5ccccc5N5CN(F)C=C5N43)nn2)CC1. The molecule has 0 saturated heterocycles. The van der Waals surface area contributed by atoms with Crippen LogP contribution in [0.1, 0.15) is 37.2 Å². The van der Waals surface area contributed by atoms with Gasteiger partial charge in [0, 0.05) is 5.56 Å². The largest absolute Gasteiger partial charge is 0.304 e. The van der Waals surface area contributed by atoms with E-state index in [9.17, 15) is 4.48 Å². The van der Waals surface area contributed by atoms with Crippen LogP contribution >= 0.6 is 0 Å². The molecule has 1 unspecified atom stereocenters. The number of anilines is 1. The predicted octanol–water partition coefficient (Wildman–Crippen LogP) is 2.29. The summed E-state index contributed by atoms with van der Waals surface area (Å²) in [6, 6.07) is 7.98. The van der Waals surface area contributed by atoms with Crippen molar-refractivity contribution < 1.29 is 4.48 Å². The smallest absolute Gasteiger partial charge is 0.173 e. The molecule has 2 aromatic rings. The highest BCUT2D eigenvalue weighted by molar-refractivity contribution is 5.73. The summed E-state index contributed by atoms with van der Waals surface area (Å²) in [5, 5.41) is 13.1. The van der Waals surface area contributed by atoms with E-state index in [1.54, 1.807) is 16.2 Å². The van der Waals surface area contributed by atoms with E-state index in [0.717, 1.165) is 29.2 Å². The highest BCUT2D eigenvalue weighted by atomic mass is 19.2. The van der Waals surface area contributed by atoms with Gasteiger partial charge in [-0.2, -0.15) is 10.2 Å². The van der Waals surface area contributed by atoms with E-state index in [0.29, 0.717) is 10.5 Å². The molecule has 0 radical (unpaired) electrons. The van der Waals surface area contributed by atoms with E-state index >= 15 is 0 Å². The molecule has 1 saturated carbocycles. The van der Waals surface area contributed by atoms with Crippen LogP contribution in [0.4, 0.5) is 10.2 Å². The summed E-state index contributed by atoms with van der Waals surface area (Å²) in [6.45, 7) is 2.43. The third-order valence-corrected chi connectivity index (χ3v) is 5.76. The summed E-state index contributed by atoms with van der Waals surface area (Å²) in [5.41, 5.74) is 3.35. The van der Waals surface area contributed by atoms with Crippen molar-refractivity contribution in [3.63, 3.8) is 0 Å². The first-order chi connectivity index (χ1) is 13.1. The summed E-state index contributed by atoms with van der Waals surface area (Å²) in [4.78, 5) is 8.29. The zero-order chi connectivity index (χ0) is 18.2. The van der Waals surface area contributed by atoms with E-state index in [1.165, 1.54) is 19.0 Å². The van der Waals surface area contributed by atoms with Crippen LogP contribution < -0.4 is 10.0 Å². The number of aromatic nitrogens is 3. The second-order valence-electron chi connectivity index (χ2n) is 7.94. The standard InChI is InChI=1S/C18H19FN8/c1-18(6-7-18)8-13-9-25(22-21-13)26-11-20-17-14-4-2-3-5-15(14)24-12-23(19)10-16(24)27(17)26/h2-5,9-11,17H,6-8,12H2,1H3. The topological polar surface area (TPSA) is 56.0 Å². The van der Waals surface area contributed by atoms with Gasteiger partial charge in [-0.15, -0.1) is 9.89 Å². The first-order valence-corrected chi connectivity index (χ1v) is 9.15. The maximum atomic E-state index is 14.1. The Balaban J connectivity index is 1.38. The highest BCUT2D eigenvalue weighted by Crippen LogP contribution is 2.48. The number of fused-ring (bicyclic) bond motifs is 6. The molecule has 138 valence electrons. The molecule has 1 aliphatic carbocycles. The second kappa shape index (κ2) is 4.99. The minimum atomic E-state index is -0.246. The van der Waals surface area contributed by atoms with Crippen LogP contribution in [0.2, 0.25) is 0 Å². The number of hydrogen-bond acceptors (Lipinski definition) is 7. The lowest BCUT2D eigenvalue weighted by Gasteiger charge is -2.41. The molecule has 1 aromatic carbocycles. The summed E-state index contributed by atoms with van der Waals surface area (Å²) in [5.74, 6) is 0.727. The zero-order valence-corrected chi connectivity index (χ0v) is 14.9. The third kappa shape index (κ3) is 2.17. The van der Waals surface area contributed by atoms with Crippen LogP contribution in [0.3, 0.4) is 0 Å². The number of hydrazine groups is 1. The van der Waals surface area contributed by atoms with E-state index in [4.69, 9.17) is 0 Å². The van der Waals surface area contributed by atoms with Crippen molar-refractivity contribution >= 4 is 12.0 Å². The number of hydrogen-bond donors (Lipinski definition) is 0. The molecule has 6 rings (SSSR count). The monoisotopic (exact) mass is 366 g/mol. The molecule has 1 aromatic heterocycles. The van der Waals surface area contributed by atoms with E-state index < -0.39 is 0 Å². The van der Waals surface area contributed by atoms with Gasteiger partial charge in [0.25, 0.3) is 0 Å². The lowest BCUT2D eigenvalue weighted by atomic mass is 10.0. The van der Waals surface area contributed by atoms with Gasteiger partial charge in [-0.3, -0.25) is 0 Å². The quantitative estimate of drug-likeness (QED) is 0.777. The van der Waals surface area contributed by atoms with Gasteiger partial charge in [0.2, 0.25) is 0 Å². The van der Waals surface area contributed by atoms with Gasteiger partial charge in [0.15, 0.2) is 12.0 Å². The summed E-state index contributed by atoms with van der Waals surface area (Å²) in [7, 11) is 0. The highest BCUT2D eigenvalue weighted by Gasteiger charge is 2.44. The number of nitrogens with zero attached hydrogens (tertiary/aromatic N) is 8. The van der Waals surface area contributed by atoms with Crippen LogP contribution in [0.15, 0.2) is 47.5 Å². The molecule has 9 heteroatoms. The molecule has 1 atom stereocenters. The van der Waals surface area contributed by atoms with E-state index in [2.05, 4.69) is 22.2 Å². The Hall–Kier alpha value is -3.10. The van der Waals surface area contributed by atoms with Crippen molar-refractivity contribution in [1.82, 2.24) is 25.2 Å². The Labute approximate surface area is 155 Å². The third-order valence-electron chi connectivity index (χ3n) is 5.76. The minimum Gasteiger partial charge on any atom is -0.304 e. The van der Waals surface area contributed by atoms with Gasteiger partial charge in [0.1, 0.15) is 13.0 Å². The van der Waals surface area contributed by atoms with Gasteiger partial charge < -0.3 is 4.90 Å². The summed E-state index contributed by atoms with van der Waals surface area (Å²) in [6.07, 6.45) is 8.32. The first kappa shape index (κ1) is 15.0.